The maximum absolute atomic E-state index is 13.5. The first-order valence-corrected chi connectivity index (χ1v) is 15.5. The van der Waals surface area contributed by atoms with E-state index in [0.29, 0.717) is 31.9 Å². The van der Waals surface area contributed by atoms with Crippen molar-refractivity contribution in [1.29, 1.82) is 0 Å². The number of carbonyl (C=O) groups excluding carboxylic acids is 1. The van der Waals surface area contributed by atoms with Gasteiger partial charge in [0.15, 0.2) is 5.65 Å². The molecule has 0 spiro atoms. The van der Waals surface area contributed by atoms with Crippen LogP contribution in [0.15, 0.2) is 29.3 Å². The Morgan fingerprint density at radius 3 is 2.58 bits per heavy atom. The van der Waals surface area contributed by atoms with Crippen LogP contribution in [-0.4, -0.2) is 61.5 Å². The van der Waals surface area contributed by atoms with E-state index in [1.165, 1.54) is 25.3 Å². The van der Waals surface area contributed by atoms with Crippen LogP contribution in [0.3, 0.4) is 0 Å². The van der Waals surface area contributed by atoms with Gasteiger partial charge in [-0.25, -0.2) is 22.8 Å². The number of hydrogen-bond donors (Lipinski definition) is 3. The standard InChI is InChI=1S/C28H38N6O5S/c1-4-24-22(26(31-18-11-13-39-14-12-18)23-17-30-34(5-2)27(23)32-24)16-29-28(35)21-15-20(9-10-25(21)38-3)40(36,37)33-19-7-6-8-19/h9-10,15,17-19,33H,4-8,11-14,16H2,1-3H3,(H,29,35)(H,31,32). The summed E-state index contributed by atoms with van der Waals surface area (Å²) in [5.41, 5.74) is 3.64. The minimum atomic E-state index is -3.75. The molecule has 1 amide bonds. The van der Waals surface area contributed by atoms with E-state index < -0.39 is 15.9 Å². The lowest BCUT2D eigenvalue weighted by molar-refractivity contribution is 0.0904. The van der Waals surface area contributed by atoms with Crippen LogP contribution in [0.25, 0.3) is 11.0 Å². The fourth-order valence-electron chi connectivity index (χ4n) is 5.21. The highest BCUT2D eigenvalue weighted by molar-refractivity contribution is 7.89. The van der Waals surface area contributed by atoms with E-state index in [9.17, 15) is 13.2 Å². The molecule has 3 aromatic rings. The molecular formula is C28H38N6O5S. The largest absolute Gasteiger partial charge is 0.496 e. The molecule has 0 bridgehead atoms. The minimum absolute atomic E-state index is 0.0385. The average molecular weight is 571 g/mol. The summed E-state index contributed by atoms with van der Waals surface area (Å²) in [5, 5.41) is 12.2. The summed E-state index contributed by atoms with van der Waals surface area (Å²) in [6, 6.07) is 4.54. The number of aryl methyl sites for hydroxylation is 2. The van der Waals surface area contributed by atoms with Gasteiger partial charge in [-0.05, 0) is 57.2 Å². The third-order valence-electron chi connectivity index (χ3n) is 7.75. The highest BCUT2D eigenvalue weighted by atomic mass is 32.2. The van der Waals surface area contributed by atoms with Gasteiger partial charge in [-0.2, -0.15) is 5.10 Å². The first-order valence-electron chi connectivity index (χ1n) is 14.0. The molecule has 3 heterocycles. The molecule has 1 saturated carbocycles. The molecule has 1 aliphatic carbocycles. The van der Waals surface area contributed by atoms with Crippen molar-refractivity contribution in [3.05, 3.63) is 41.2 Å². The molecule has 2 fully saturated rings. The molecule has 1 aromatic carbocycles. The quantitative estimate of drug-likeness (QED) is 0.319. The predicted molar refractivity (Wildman–Crippen MR) is 152 cm³/mol. The molecule has 12 heteroatoms. The number of sulfonamides is 1. The molecule has 0 unspecified atom stereocenters. The molecule has 40 heavy (non-hydrogen) atoms. The second kappa shape index (κ2) is 12.1. The van der Waals surface area contributed by atoms with Gasteiger partial charge in [-0.3, -0.25) is 4.79 Å². The van der Waals surface area contributed by atoms with E-state index in [1.807, 2.05) is 24.7 Å². The van der Waals surface area contributed by atoms with Crippen molar-refractivity contribution in [1.82, 2.24) is 24.8 Å². The lowest BCUT2D eigenvalue weighted by Crippen LogP contribution is -2.39. The number of nitrogens with zero attached hydrogens (tertiary/aromatic N) is 3. The Labute approximate surface area is 235 Å². The maximum atomic E-state index is 13.5. The zero-order valence-corrected chi connectivity index (χ0v) is 24.1. The number of hydrogen-bond acceptors (Lipinski definition) is 8. The van der Waals surface area contributed by atoms with Crippen LogP contribution in [0.1, 0.15) is 67.6 Å². The third-order valence-corrected chi connectivity index (χ3v) is 9.27. The lowest BCUT2D eigenvalue weighted by Gasteiger charge is -2.27. The molecule has 2 aromatic heterocycles. The van der Waals surface area contributed by atoms with Crippen LogP contribution >= 0.6 is 0 Å². The molecule has 1 saturated heterocycles. The van der Waals surface area contributed by atoms with Crippen molar-refractivity contribution < 1.29 is 22.7 Å². The Bertz CT molecular complexity index is 1480. The van der Waals surface area contributed by atoms with Crippen molar-refractivity contribution in [2.24, 2.45) is 0 Å². The van der Waals surface area contributed by atoms with Gasteiger partial charge in [-0.1, -0.05) is 13.3 Å². The lowest BCUT2D eigenvalue weighted by atomic mass is 9.94. The molecule has 3 N–H and O–H groups in total. The average Bonchev–Trinajstić information content (AvgIpc) is 3.37. The van der Waals surface area contributed by atoms with Crippen molar-refractivity contribution in [2.75, 3.05) is 25.6 Å². The molecule has 0 atom stereocenters. The van der Waals surface area contributed by atoms with E-state index in [0.717, 1.165) is 60.1 Å². The topological polar surface area (TPSA) is 136 Å². The molecular weight excluding hydrogens is 532 g/mol. The zero-order valence-electron chi connectivity index (χ0n) is 23.3. The number of ether oxygens (including phenoxy) is 2. The molecule has 216 valence electrons. The third kappa shape index (κ3) is 5.79. The monoisotopic (exact) mass is 570 g/mol. The van der Waals surface area contributed by atoms with Gasteiger partial charge in [0.1, 0.15) is 5.75 Å². The van der Waals surface area contributed by atoms with Gasteiger partial charge in [0.05, 0.1) is 34.8 Å². The predicted octanol–water partition coefficient (Wildman–Crippen LogP) is 3.37. The molecule has 0 radical (unpaired) electrons. The van der Waals surface area contributed by atoms with Gasteiger partial charge in [0, 0.05) is 49.6 Å². The normalized spacial score (nSPS) is 16.6. The van der Waals surface area contributed by atoms with Gasteiger partial charge in [0.2, 0.25) is 10.0 Å². The van der Waals surface area contributed by atoms with Gasteiger partial charge < -0.3 is 20.1 Å². The Morgan fingerprint density at radius 2 is 1.93 bits per heavy atom. The number of rotatable bonds is 11. The molecule has 1 aliphatic heterocycles. The highest BCUT2D eigenvalue weighted by Gasteiger charge is 2.27. The second-order valence-electron chi connectivity index (χ2n) is 10.3. The summed E-state index contributed by atoms with van der Waals surface area (Å²) in [7, 11) is -2.29. The van der Waals surface area contributed by atoms with Gasteiger partial charge in [-0.15, -0.1) is 0 Å². The number of benzene rings is 1. The van der Waals surface area contributed by atoms with Crippen LogP contribution in [0.2, 0.25) is 0 Å². The van der Waals surface area contributed by atoms with Crippen LogP contribution in [0, 0.1) is 0 Å². The molecule has 2 aliphatic rings. The van der Waals surface area contributed by atoms with E-state index in [-0.39, 0.29) is 29.1 Å². The number of nitrogens with one attached hydrogen (secondary N) is 3. The SMILES string of the molecule is CCc1nc2c(cnn2CC)c(NC2CCOCC2)c1CNC(=O)c1cc(S(=O)(=O)NC2CCC2)ccc1OC. The summed E-state index contributed by atoms with van der Waals surface area (Å²) in [6.45, 7) is 6.36. The van der Waals surface area contributed by atoms with Crippen LogP contribution < -0.4 is 20.1 Å². The number of aromatic nitrogens is 3. The van der Waals surface area contributed by atoms with E-state index in [4.69, 9.17) is 14.5 Å². The van der Waals surface area contributed by atoms with Crippen molar-refractivity contribution in [3.8, 4) is 5.75 Å². The fourth-order valence-corrected chi connectivity index (χ4v) is 6.54. The second-order valence-corrected chi connectivity index (χ2v) is 12.0. The van der Waals surface area contributed by atoms with Crippen LogP contribution in [-0.2, 0) is 34.3 Å². The zero-order chi connectivity index (χ0) is 28.3. The summed E-state index contributed by atoms with van der Waals surface area (Å²) >= 11 is 0. The summed E-state index contributed by atoms with van der Waals surface area (Å²) in [4.78, 5) is 18.5. The number of amides is 1. The minimum Gasteiger partial charge on any atom is -0.496 e. The Hall–Kier alpha value is -3.22. The smallest absolute Gasteiger partial charge is 0.255 e. The summed E-state index contributed by atoms with van der Waals surface area (Å²) in [6.07, 6.45) is 6.91. The van der Waals surface area contributed by atoms with Crippen molar-refractivity contribution >= 4 is 32.7 Å². The Morgan fingerprint density at radius 1 is 1.15 bits per heavy atom. The van der Waals surface area contributed by atoms with E-state index in [2.05, 4.69) is 20.5 Å². The maximum Gasteiger partial charge on any atom is 0.255 e. The Kier molecular flexibility index (Phi) is 8.57. The van der Waals surface area contributed by atoms with Gasteiger partial charge >= 0.3 is 0 Å². The van der Waals surface area contributed by atoms with Gasteiger partial charge in [0.25, 0.3) is 5.91 Å². The number of methoxy groups -OCH3 is 1. The van der Waals surface area contributed by atoms with Crippen LogP contribution in [0.5, 0.6) is 5.75 Å². The Balaban J connectivity index is 1.45. The van der Waals surface area contributed by atoms with Crippen LogP contribution in [0.4, 0.5) is 5.69 Å². The van der Waals surface area contributed by atoms with E-state index >= 15 is 0 Å². The number of pyridine rings is 1. The van der Waals surface area contributed by atoms with Crippen molar-refractivity contribution in [2.45, 2.75) is 82.4 Å². The summed E-state index contributed by atoms with van der Waals surface area (Å²) in [5.74, 6) is -0.130. The summed E-state index contributed by atoms with van der Waals surface area (Å²) < 4.78 is 41.4. The first kappa shape index (κ1) is 28.3. The number of fused-ring (bicyclic) bond motifs is 1. The number of anilines is 1. The number of carbonyl (C=O) groups is 1. The highest BCUT2D eigenvalue weighted by Crippen LogP contribution is 2.32. The fraction of sp³-hybridized carbons (Fsp3) is 0.536. The molecule has 5 rings (SSSR count). The van der Waals surface area contributed by atoms with Crippen molar-refractivity contribution in [3.63, 3.8) is 0 Å². The molecule has 11 nitrogen and oxygen atoms in total. The first-order chi connectivity index (χ1) is 19.3. The van der Waals surface area contributed by atoms with E-state index in [1.54, 1.807) is 0 Å².